The molecule has 0 bridgehead atoms. The highest BCUT2D eigenvalue weighted by Crippen LogP contribution is 2.29. The fourth-order valence-electron chi connectivity index (χ4n) is 2.39. The molecule has 1 aromatic rings. The molecular formula is C14H23ClN2. The molecule has 0 spiro atoms. The first-order valence-corrected chi connectivity index (χ1v) is 6.82. The summed E-state index contributed by atoms with van der Waals surface area (Å²) in [7, 11) is 0. The largest absolute Gasteiger partial charge is 0.271 e. The van der Waals surface area contributed by atoms with Crippen LogP contribution in [0.2, 0.25) is 5.02 Å². The SMILES string of the molecule is CCCC(CCC)C(NN)c1ccc(Cl)cc1. The zero-order chi connectivity index (χ0) is 12.7. The second-order valence-electron chi connectivity index (χ2n) is 4.53. The van der Waals surface area contributed by atoms with E-state index in [4.69, 9.17) is 17.4 Å². The lowest BCUT2D eigenvalue weighted by atomic mass is 9.86. The van der Waals surface area contributed by atoms with Crippen molar-refractivity contribution >= 4 is 11.6 Å². The van der Waals surface area contributed by atoms with Gasteiger partial charge in [-0.25, -0.2) is 0 Å². The highest BCUT2D eigenvalue weighted by molar-refractivity contribution is 6.30. The first-order valence-electron chi connectivity index (χ1n) is 6.44. The second kappa shape index (κ2) is 7.70. The molecule has 96 valence electrons. The molecule has 0 amide bonds. The lowest BCUT2D eigenvalue weighted by Crippen LogP contribution is -2.33. The van der Waals surface area contributed by atoms with E-state index in [-0.39, 0.29) is 6.04 Å². The molecule has 0 aromatic heterocycles. The normalized spacial score (nSPS) is 13.0. The summed E-state index contributed by atoms with van der Waals surface area (Å²) in [4.78, 5) is 0. The van der Waals surface area contributed by atoms with Gasteiger partial charge in [0.25, 0.3) is 0 Å². The van der Waals surface area contributed by atoms with Gasteiger partial charge >= 0.3 is 0 Å². The molecular weight excluding hydrogens is 232 g/mol. The summed E-state index contributed by atoms with van der Waals surface area (Å²) < 4.78 is 0. The fourth-order valence-corrected chi connectivity index (χ4v) is 2.52. The monoisotopic (exact) mass is 254 g/mol. The van der Waals surface area contributed by atoms with Crippen LogP contribution in [0, 0.1) is 5.92 Å². The van der Waals surface area contributed by atoms with Crippen LogP contribution in [-0.4, -0.2) is 0 Å². The maximum Gasteiger partial charge on any atom is 0.0488 e. The third kappa shape index (κ3) is 4.30. The van der Waals surface area contributed by atoms with Crippen LogP contribution in [0.1, 0.15) is 51.1 Å². The summed E-state index contributed by atoms with van der Waals surface area (Å²) in [6, 6.07) is 8.20. The van der Waals surface area contributed by atoms with Crippen molar-refractivity contribution in [1.82, 2.24) is 5.43 Å². The van der Waals surface area contributed by atoms with Crippen LogP contribution in [0.4, 0.5) is 0 Å². The maximum atomic E-state index is 5.91. The second-order valence-corrected chi connectivity index (χ2v) is 4.97. The highest BCUT2D eigenvalue weighted by atomic mass is 35.5. The van der Waals surface area contributed by atoms with E-state index in [0.717, 1.165) is 5.02 Å². The lowest BCUT2D eigenvalue weighted by Gasteiger charge is -2.26. The third-order valence-corrected chi connectivity index (χ3v) is 3.45. The molecule has 1 unspecified atom stereocenters. The molecule has 0 aliphatic rings. The minimum absolute atomic E-state index is 0.229. The van der Waals surface area contributed by atoms with Gasteiger partial charge in [0.2, 0.25) is 0 Å². The number of benzene rings is 1. The van der Waals surface area contributed by atoms with E-state index in [1.807, 2.05) is 12.1 Å². The van der Waals surface area contributed by atoms with E-state index in [0.29, 0.717) is 5.92 Å². The van der Waals surface area contributed by atoms with E-state index in [1.54, 1.807) is 0 Å². The number of nitrogens with one attached hydrogen (secondary N) is 1. The molecule has 0 fully saturated rings. The molecule has 0 aliphatic carbocycles. The van der Waals surface area contributed by atoms with Crippen LogP contribution in [0.15, 0.2) is 24.3 Å². The van der Waals surface area contributed by atoms with E-state index in [1.165, 1.54) is 31.2 Å². The average Bonchev–Trinajstić information content (AvgIpc) is 2.33. The van der Waals surface area contributed by atoms with Gasteiger partial charge < -0.3 is 0 Å². The van der Waals surface area contributed by atoms with Crippen molar-refractivity contribution in [1.29, 1.82) is 0 Å². The zero-order valence-electron chi connectivity index (χ0n) is 10.7. The number of nitrogens with two attached hydrogens (primary N) is 1. The summed E-state index contributed by atoms with van der Waals surface area (Å²) in [5.41, 5.74) is 4.19. The Morgan fingerprint density at radius 2 is 1.65 bits per heavy atom. The Morgan fingerprint density at radius 3 is 2.06 bits per heavy atom. The number of rotatable bonds is 7. The lowest BCUT2D eigenvalue weighted by molar-refractivity contribution is 0.319. The first-order chi connectivity index (χ1) is 8.22. The van der Waals surface area contributed by atoms with Crippen LogP contribution in [0.25, 0.3) is 0 Å². The van der Waals surface area contributed by atoms with Crippen molar-refractivity contribution in [3.63, 3.8) is 0 Å². The molecule has 0 saturated heterocycles. The van der Waals surface area contributed by atoms with Crippen LogP contribution in [-0.2, 0) is 0 Å². The Morgan fingerprint density at radius 1 is 1.12 bits per heavy atom. The highest BCUT2D eigenvalue weighted by Gasteiger charge is 2.20. The molecule has 0 radical (unpaired) electrons. The molecule has 2 nitrogen and oxygen atoms in total. The zero-order valence-corrected chi connectivity index (χ0v) is 11.5. The molecule has 0 heterocycles. The molecule has 3 N–H and O–H groups in total. The molecule has 1 rings (SSSR count). The van der Waals surface area contributed by atoms with Crippen molar-refractivity contribution in [2.24, 2.45) is 11.8 Å². The number of hydrogen-bond donors (Lipinski definition) is 2. The van der Waals surface area contributed by atoms with Crippen molar-refractivity contribution in [2.75, 3.05) is 0 Å². The smallest absolute Gasteiger partial charge is 0.0488 e. The van der Waals surface area contributed by atoms with Gasteiger partial charge in [0, 0.05) is 11.1 Å². The summed E-state index contributed by atoms with van der Waals surface area (Å²) in [5.74, 6) is 6.31. The third-order valence-electron chi connectivity index (χ3n) is 3.20. The van der Waals surface area contributed by atoms with Crippen LogP contribution >= 0.6 is 11.6 Å². The van der Waals surface area contributed by atoms with Gasteiger partial charge in [0.15, 0.2) is 0 Å². The Hall–Kier alpha value is -0.570. The molecule has 17 heavy (non-hydrogen) atoms. The Kier molecular flexibility index (Phi) is 6.56. The topological polar surface area (TPSA) is 38.0 Å². The quantitative estimate of drug-likeness (QED) is 0.569. The standard InChI is InChI=1S/C14H23ClN2/c1-3-5-11(6-4-2)14(17-16)12-7-9-13(15)10-8-12/h7-11,14,17H,3-6,16H2,1-2H3. The molecule has 3 heteroatoms. The molecule has 1 aromatic carbocycles. The van der Waals surface area contributed by atoms with Gasteiger partial charge in [-0.2, -0.15) is 0 Å². The summed E-state index contributed by atoms with van der Waals surface area (Å²) >= 11 is 5.91. The van der Waals surface area contributed by atoms with Crippen molar-refractivity contribution in [3.05, 3.63) is 34.9 Å². The Bertz CT molecular complexity index is 305. The van der Waals surface area contributed by atoms with Crippen molar-refractivity contribution in [2.45, 2.75) is 45.6 Å². The van der Waals surface area contributed by atoms with Gasteiger partial charge in [-0.3, -0.25) is 11.3 Å². The van der Waals surface area contributed by atoms with Gasteiger partial charge in [-0.1, -0.05) is 50.4 Å². The fraction of sp³-hybridized carbons (Fsp3) is 0.571. The predicted molar refractivity (Wildman–Crippen MR) is 74.8 cm³/mol. The van der Waals surface area contributed by atoms with Crippen LogP contribution in [0.5, 0.6) is 0 Å². The van der Waals surface area contributed by atoms with Gasteiger partial charge in [0.05, 0.1) is 0 Å². The Labute approximate surface area is 110 Å². The Balaban J connectivity index is 2.83. The first kappa shape index (κ1) is 14.5. The number of hydrazine groups is 1. The van der Waals surface area contributed by atoms with Crippen LogP contribution < -0.4 is 11.3 Å². The summed E-state index contributed by atoms with van der Waals surface area (Å²) in [6.45, 7) is 4.44. The average molecular weight is 255 g/mol. The van der Waals surface area contributed by atoms with E-state index < -0.39 is 0 Å². The van der Waals surface area contributed by atoms with Gasteiger partial charge in [-0.15, -0.1) is 0 Å². The minimum Gasteiger partial charge on any atom is -0.271 e. The minimum atomic E-state index is 0.229. The maximum absolute atomic E-state index is 5.91. The molecule has 1 atom stereocenters. The van der Waals surface area contributed by atoms with Crippen LogP contribution in [0.3, 0.4) is 0 Å². The number of hydrogen-bond acceptors (Lipinski definition) is 2. The number of halogens is 1. The predicted octanol–water partition coefficient (Wildman–Crippen LogP) is 4.06. The van der Waals surface area contributed by atoms with Gasteiger partial charge in [0.1, 0.15) is 0 Å². The van der Waals surface area contributed by atoms with E-state index >= 15 is 0 Å². The molecule has 0 saturated carbocycles. The summed E-state index contributed by atoms with van der Waals surface area (Å²) in [5, 5.41) is 0.770. The van der Waals surface area contributed by atoms with Gasteiger partial charge in [-0.05, 0) is 36.5 Å². The summed E-state index contributed by atoms with van der Waals surface area (Å²) in [6.07, 6.45) is 4.78. The van der Waals surface area contributed by atoms with Crippen molar-refractivity contribution in [3.8, 4) is 0 Å². The van der Waals surface area contributed by atoms with E-state index in [9.17, 15) is 0 Å². The van der Waals surface area contributed by atoms with E-state index in [2.05, 4.69) is 31.4 Å². The molecule has 0 aliphatic heterocycles. The van der Waals surface area contributed by atoms with Crippen molar-refractivity contribution < 1.29 is 0 Å².